The maximum atomic E-state index is 6.63. The van der Waals surface area contributed by atoms with Gasteiger partial charge in [-0.05, 0) is 67.9 Å². The van der Waals surface area contributed by atoms with Gasteiger partial charge in [0.05, 0.1) is 44.8 Å². The molecule has 0 amide bonds. The summed E-state index contributed by atoms with van der Waals surface area (Å²) in [7, 11) is 3.31. The third kappa shape index (κ3) is 4.22. The van der Waals surface area contributed by atoms with Crippen molar-refractivity contribution < 1.29 is 23.7 Å². The first kappa shape index (κ1) is 22.9. The zero-order chi connectivity index (χ0) is 24.4. The summed E-state index contributed by atoms with van der Waals surface area (Å²) in [5, 5.41) is 7.10. The van der Waals surface area contributed by atoms with Crippen molar-refractivity contribution in [2.75, 3.05) is 27.4 Å². The van der Waals surface area contributed by atoms with E-state index in [1.165, 1.54) is 0 Å². The highest BCUT2D eigenvalue weighted by atomic mass is 16.5. The molecule has 7 heteroatoms. The third-order valence-corrected chi connectivity index (χ3v) is 6.28. The van der Waals surface area contributed by atoms with E-state index < -0.39 is 6.23 Å². The Balaban J connectivity index is 1.60. The van der Waals surface area contributed by atoms with Crippen LogP contribution in [0.25, 0.3) is 0 Å². The van der Waals surface area contributed by atoms with Crippen LogP contribution in [0.3, 0.4) is 0 Å². The van der Waals surface area contributed by atoms with Crippen LogP contribution >= 0.6 is 0 Å². The highest BCUT2D eigenvalue weighted by Crippen LogP contribution is 2.52. The Hall–Kier alpha value is -3.87. The smallest absolute Gasteiger partial charge is 0.217 e. The van der Waals surface area contributed by atoms with Crippen molar-refractivity contribution >= 4 is 5.71 Å². The van der Waals surface area contributed by atoms with Crippen LogP contribution in [0, 0.1) is 0 Å². The lowest BCUT2D eigenvalue weighted by Gasteiger charge is -2.39. The minimum absolute atomic E-state index is 0.0124. The van der Waals surface area contributed by atoms with E-state index >= 15 is 0 Å². The average molecular weight is 475 g/mol. The number of hydrogen-bond donors (Lipinski definition) is 0. The van der Waals surface area contributed by atoms with Gasteiger partial charge in [-0.1, -0.05) is 12.1 Å². The molecule has 0 bridgehead atoms. The number of methoxy groups -OCH3 is 2. The Labute approximate surface area is 205 Å². The van der Waals surface area contributed by atoms with Gasteiger partial charge in [0.2, 0.25) is 6.23 Å². The lowest BCUT2D eigenvalue weighted by atomic mass is 9.95. The molecule has 0 aliphatic carbocycles. The number of fused-ring (bicyclic) bond motifs is 3. The first-order chi connectivity index (χ1) is 17.2. The summed E-state index contributed by atoms with van der Waals surface area (Å²) in [6.45, 7) is 5.14. The summed E-state index contributed by atoms with van der Waals surface area (Å²) in [4.78, 5) is 0. The van der Waals surface area contributed by atoms with Crippen LogP contribution in [0.15, 0.2) is 65.8 Å². The van der Waals surface area contributed by atoms with Crippen molar-refractivity contribution in [3.8, 4) is 28.7 Å². The minimum Gasteiger partial charge on any atom is -0.497 e. The van der Waals surface area contributed by atoms with Gasteiger partial charge in [-0.2, -0.15) is 5.10 Å². The SMILES string of the molecule is CCOc1ccc(C2=NN3C(C2)c2cccc(OCC)c2OC3c2cc(OC)ccc2OC)cc1. The van der Waals surface area contributed by atoms with Gasteiger partial charge in [-0.3, -0.25) is 0 Å². The first-order valence-corrected chi connectivity index (χ1v) is 11.9. The van der Waals surface area contributed by atoms with Crippen molar-refractivity contribution in [1.82, 2.24) is 5.01 Å². The molecule has 2 aliphatic heterocycles. The third-order valence-electron chi connectivity index (χ3n) is 6.28. The topological polar surface area (TPSA) is 61.8 Å². The molecule has 3 aromatic carbocycles. The van der Waals surface area contributed by atoms with Gasteiger partial charge in [-0.15, -0.1) is 0 Å². The number of hydrazone groups is 1. The molecule has 35 heavy (non-hydrogen) atoms. The van der Waals surface area contributed by atoms with E-state index in [1.807, 2.05) is 61.3 Å². The van der Waals surface area contributed by atoms with Crippen molar-refractivity contribution in [2.45, 2.75) is 32.5 Å². The Bertz CT molecular complexity index is 1220. The molecule has 0 radical (unpaired) electrons. The average Bonchev–Trinajstić information content (AvgIpc) is 3.35. The van der Waals surface area contributed by atoms with E-state index in [0.29, 0.717) is 19.0 Å². The van der Waals surface area contributed by atoms with E-state index in [2.05, 4.69) is 18.2 Å². The highest BCUT2D eigenvalue weighted by Gasteiger charge is 2.43. The fraction of sp³-hybridized carbons (Fsp3) is 0.321. The molecule has 0 aromatic heterocycles. The Morgan fingerprint density at radius 2 is 1.63 bits per heavy atom. The van der Waals surface area contributed by atoms with Crippen LogP contribution in [0.5, 0.6) is 28.7 Å². The number of ether oxygens (including phenoxy) is 5. The predicted molar refractivity (Wildman–Crippen MR) is 134 cm³/mol. The first-order valence-electron chi connectivity index (χ1n) is 11.9. The van der Waals surface area contributed by atoms with Crippen molar-refractivity contribution in [3.05, 3.63) is 77.4 Å². The van der Waals surface area contributed by atoms with E-state index in [9.17, 15) is 0 Å². The molecule has 2 unspecified atom stereocenters. The van der Waals surface area contributed by atoms with Gasteiger partial charge in [0.15, 0.2) is 11.5 Å². The summed E-state index contributed by atoms with van der Waals surface area (Å²) in [5.41, 5.74) is 3.94. The van der Waals surface area contributed by atoms with Crippen molar-refractivity contribution in [2.24, 2.45) is 5.10 Å². The molecule has 0 N–H and O–H groups in total. The van der Waals surface area contributed by atoms with Gasteiger partial charge in [0.25, 0.3) is 0 Å². The highest BCUT2D eigenvalue weighted by molar-refractivity contribution is 6.02. The second-order valence-electron chi connectivity index (χ2n) is 8.29. The fourth-order valence-electron chi connectivity index (χ4n) is 4.68. The second kappa shape index (κ2) is 9.78. The molecule has 0 spiro atoms. The Morgan fingerprint density at radius 3 is 2.34 bits per heavy atom. The molecule has 2 atom stereocenters. The molecule has 7 nitrogen and oxygen atoms in total. The zero-order valence-corrected chi connectivity index (χ0v) is 20.5. The number of hydrogen-bond acceptors (Lipinski definition) is 7. The largest absolute Gasteiger partial charge is 0.497 e. The lowest BCUT2D eigenvalue weighted by Crippen LogP contribution is -2.34. The summed E-state index contributed by atoms with van der Waals surface area (Å²) < 4.78 is 29.4. The van der Waals surface area contributed by atoms with Gasteiger partial charge < -0.3 is 23.7 Å². The van der Waals surface area contributed by atoms with Crippen LogP contribution in [-0.2, 0) is 0 Å². The summed E-state index contributed by atoms with van der Waals surface area (Å²) in [6.07, 6.45) is 0.224. The molecule has 2 aliphatic rings. The molecular formula is C28H30N2O5. The van der Waals surface area contributed by atoms with Crippen LogP contribution in [0.2, 0.25) is 0 Å². The number of nitrogens with zero attached hydrogens (tertiary/aromatic N) is 2. The number of rotatable bonds is 8. The minimum atomic E-state index is -0.514. The zero-order valence-electron chi connectivity index (χ0n) is 20.5. The molecule has 0 fully saturated rings. The van der Waals surface area contributed by atoms with Crippen molar-refractivity contribution in [3.63, 3.8) is 0 Å². The standard InChI is InChI=1S/C28H30N2O5/c1-5-33-19-12-10-18(11-13-19)23-17-24-21-8-7-9-26(34-6-2)27(21)35-28(30(24)29-23)22-16-20(31-3)14-15-25(22)32-4/h7-16,24,28H,5-6,17H2,1-4H3. The summed E-state index contributed by atoms with van der Waals surface area (Å²) in [5.74, 6) is 3.75. The lowest BCUT2D eigenvalue weighted by molar-refractivity contribution is -0.0226. The maximum Gasteiger partial charge on any atom is 0.217 e. The van der Waals surface area contributed by atoms with Gasteiger partial charge in [0.1, 0.15) is 17.2 Å². The van der Waals surface area contributed by atoms with Gasteiger partial charge in [-0.25, -0.2) is 5.01 Å². The fourth-order valence-corrected chi connectivity index (χ4v) is 4.68. The molecular weight excluding hydrogens is 444 g/mol. The molecule has 0 saturated carbocycles. The van der Waals surface area contributed by atoms with E-state index in [4.69, 9.17) is 28.8 Å². The monoisotopic (exact) mass is 474 g/mol. The quantitative estimate of drug-likeness (QED) is 0.415. The van der Waals surface area contributed by atoms with Crippen LogP contribution < -0.4 is 23.7 Å². The molecule has 0 saturated heterocycles. The Morgan fingerprint density at radius 1 is 0.857 bits per heavy atom. The molecule has 182 valence electrons. The van der Waals surface area contributed by atoms with Gasteiger partial charge >= 0.3 is 0 Å². The molecule has 5 rings (SSSR count). The van der Waals surface area contributed by atoms with Crippen molar-refractivity contribution in [1.29, 1.82) is 0 Å². The summed E-state index contributed by atoms with van der Waals surface area (Å²) >= 11 is 0. The normalized spacial score (nSPS) is 18.2. The summed E-state index contributed by atoms with van der Waals surface area (Å²) in [6, 6.07) is 19.8. The maximum absolute atomic E-state index is 6.63. The van der Waals surface area contributed by atoms with E-state index in [1.54, 1.807) is 14.2 Å². The predicted octanol–water partition coefficient (Wildman–Crippen LogP) is 5.74. The number of benzene rings is 3. The molecule has 3 aromatic rings. The molecule has 2 heterocycles. The van der Waals surface area contributed by atoms with Gasteiger partial charge in [0, 0.05) is 12.0 Å². The number of para-hydroxylation sites is 1. The van der Waals surface area contributed by atoms with Crippen LogP contribution in [0.4, 0.5) is 0 Å². The van der Waals surface area contributed by atoms with E-state index in [0.717, 1.165) is 51.8 Å². The van der Waals surface area contributed by atoms with Crippen LogP contribution in [-0.4, -0.2) is 38.2 Å². The second-order valence-corrected chi connectivity index (χ2v) is 8.29. The van der Waals surface area contributed by atoms with Crippen LogP contribution in [0.1, 0.15) is 49.2 Å². The van der Waals surface area contributed by atoms with E-state index in [-0.39, 0.29) is 6.04 Å². The Kier molecular flexibility index (Phi) is 6.40.